The summed E-state index contributed by atoms with van der Waals surface area (Å²) < 4.78 is 1.75. The van der Waals surface area contributed by atoms with E-state index in [1.165, 1.54) is 4.90 Å². The second-order valence-electron chi connectivity index (χ2n) is 7.36. The van der Waals surface area contributed by atoms with E-state index in [1.807, 2.05) is 32.2 Å². The fraction of sp³-hybridized carbons (Fsp3) is 0.227. The van der Waals surface area contributed by atoms with Gasteiger partial charge in [-0.3, -0.25) is 19.2 Å². The number of fused-ring (bicyclic) bond motifs is 1. The number of rotatable bonds is 5. The molecule has 8 nitrogen and oxygen atoms in total. The third-order valence-corrected chi connectivity index (χ3v) is 4.82. The SMILES string of the molecule is Cc1cc(-c2ncc(CNc3nccn4c(C(=O)N(C)C)cnc34)cc2C)ccn1. The number of hydrogen-bond acceptors (Lipinski definition) is 6. The van der Waals surface area contributed by atoms with Crippen molar-refractivity contribution in [2.45, 2.75) is 20.4 Å². The van der Waals surface area contributed by atoms with Crippen molar-refractivity contribution in [2.75, 3.05) is 19.4 Å². The fourth-order valence-corrected chi connectivity index (χ4v) is 3.34. The average molecular weight is 401 g/mol. The molecule has 152 valence electrons. The van der Waals surface area contributed by atoms with E-state index in [0.717, 1.165) is 28.1 Å². The van der Waals surface area contributed by atoms with Crippen LogP contribution in [0.5, 0.6) is 0 Å². The Balaban J connectivity index is 1.56. The lowest BCUT2D eigenvalue weighted by atomic mass is 10.1. The zero-order chi connectivity index (χ0) is 21.3. The number of amides is 1. The maximum atomic E-state index is 12.3. The fourth-order valence-electron chi connectivity index (χ4n) is 3.34. The molecule has 4 aromatic rings. The molecule has 0 fully saturated rings. The molecule has 4 rings (SSSR count). The summed E-state index contributed by atoms with van der Waals surface area (Å²) in [5, 5.41) is 3.31. The Labute approximate surface area is 174 Å². The second-order valence-corrected chi connectivity index (χ2v) is 7.36. The largest absolute Gasteiger partial charge is 0.363 e. The topological polar surface area (TPSA) is 88.3 Å². The van der Waals surface area contributed by atoms with Crippen LogP contribution in [0.1, 0.15) is 27.3 Å². The molecule has 0 aromatic carbocycles. The summed E-state index contributed by atoms with van der Waals surface area (Å²) in [4.78, 5) is 31.5. The third-order valence-electron chi connectivity index (χ3n) is 4.82. The Hall–Kier alpha value is -3.81. The smallest absolute Gasteiger partial charge is 0.271 e. The quantitative estimate of drug-likeness (QED) is 0.553. The summed E-state index contributed by atoms with van der Waals surface area (Å²) in [6, 6.07) is 6.11. The van der Waals surface area contributed by atoms with Crippen molar-refractivity contribution in [1.29, 1.82) is 0 Å². The number of pyridine rings is 2. The van der Waals surface area contributed by atoms with Crippen LogP contribution in [0.25, 0.3) is 16.9 Å². The molecule has 0 atom stereocenters. The van der Waals surface area contributed by atoms with Gasteiger partial charge in [0.1, 0.15) is 5.69 Å². The molecule has 4 heterocycles. The molecule has 0 unspecified atom stereocenters. The number of anilines is 1. The number of aromatic nitrogens is 5. The molecular weight excluding hydrogens is 378 g/mol. The maximum Gasteiger partial charge on any atom is 0.271 e. The van der Waals surface area contributed by atoms with Gasteiger partial charge in [0.2, 0.25) is 0 Å². The molecule has 1 amide bonds. The van der Waals surface area contributed by atoms with Gasteiger partial charge in [-0.2, -0.15) is 0 Å². The van der Waals surface area contributed by atoms with Crippen LogP contribution in [-0.4, -0.2) is 49.2 Å². The lowest BCUT2D eigenvalue weighted by molar-refractivity contribution is 0.0821. The number of aryl methyl sites for hydroxylation is 2. The van der Waals surface area contributed by atoms with Gasteiger partial charge in [-0.25, -0.2) is 9.97 Å². The molecule has 0 aliphatic rings. The lowest BCUT2D eigenvalue weighted by Crippen LogP contribution is -2.23. The van der Waals surface area contributed by atoms with Crippen molar-refractivity contribution < 1.29 is 4.79 Å². The van der Waals surface area contributed by atoms with Crippen molar-refractivity contribution >= 4 is 17.4 Å². The summed E-state index contributed by atoms with van der Waals surface area (Å²) in [5.41, 5.74) is 6.19. The van der Waals surface area contributed by atoms with Gasteiger partial charge in [0.05, 0.1) is 11.9 Å². The van der Waals surface area contributed by atoms with Gasteiger partial charge >= 0.3 is 0 Å². The van der Waals surface area contributed by atoms with Crippen LogP contribution in [0.3, 0.4) is 0 Å². The molecule has 8 heteroatoms. The summed E-state index contributed by atoms with van der Waals surface area (Å²) >= 11 is 0. The highest BCUT2D eigenvalue weighted by Crippen LogP contribution is 2.22. The minimum Gasteiger partial charge on any atom is -0.363 e. The molecule has 0 bridgehead atoms. The predicted octanol–water partition coefficient (Wildman–Crippen LogP) is 3.12. The van der Waals surface area contributed by atoms with Gasteiger partial charge in [-0.15, -0.1) is 0 Å². The summed E-state index contributed by atoms with van der Waals surface area (Å²) in [7, 11) is 3.43. The van der Waals surface area contributed by atoms with Crippen LogP contribution in [0.15, 0.2) is 49.2 Å². The van der Waals surface area contributed by atoms with Crippen molar-refractivity contribution in [2.24, 2.45) is 0 Å². The molecule has 0 aliphatic carbocycles. The van der Waals surface area contributed by atoms with Crippen LogP contribution >= 0.6 is 0 Å². The van der Waals surface area contributed by atoms with Crippen molar-refractivity contribution in [1.82, 2.24) is 29.2 Å². The van der Waals surface area contributed by atoms with E-state index in [2.05, 4.69) is 31.3 Å². The zero-order valence-corrected chi connectivity index (χ0v) is 17.4. The molecule has 0 saturated carbocycles. The van der Waals surface area contributed by atoms with Crippen LogP contribution in [0.4, 0.5) is 5.82 Å². The highest BCUT2D eigenvalue weighted by Gasteiger charge is 2.16. The number of carbonyl (C=O) groups excluding carboxylic acids is 1. The van der Waals surface area contributed by atoms with Crippen LogP contribution < -0.4 is 5.32 Å². The Bertz CT molecular complexity index is 1230. The predicted molar refractivity (Wildman–Crippen MR) is 115 cm³/mol. The maximum absolute atomic E-state index is 12.3. The van der Waals surface area contributed by atoms with E-state index in [9.17, 15) is 4.79 Å². The molecule has 1 N–H and O–H groups in total. The standard InChI is InChI=1S/C22H23N7O/c1-14-9-16(11-25-19(14)17-5-6-23-15(2)10-17)12-26-20-21-27-13-18(22(30)28(3)4)29(21)8-7-24-20/h5-11,13H,12H2,1-4H3,(H,24,26). The highest BCUT2D eigenvalue weighted by molar-refractivity contribution is 5.93. The van der Waals surface area contributed by atoms with Gasteiger partial charge in [-0.05, 0) is 37.1 Å². The second kappa shape index (κ2) is 7.90. The summed E-state index contributed by atoms with van der Waals surface area (Å²) in [6.45, 7) is 4.56. The van der Waals surface area contributed by atoms with E-state index in [0.29, 0.717) is 23.7 Å². The molecule has 30 heavy (non-hydrogen) atoms. The number of hydrogen-bond donors (Lipinski definition) is 1. The first-order valence-electron chi connectivity index (χ1n) is 9.60. The van der Waals surface area contributed by atoms with Gasteiger partial charge in [0.15, 0.2) is 11.5 Å². The van der Waals surface area contributed by atoms with Crippen LogP contribution in [0.2, 0.25) is 0 Å². The minimum atomic E-state index is -0.110. The zero-order valence-electron chi connectivity index (χ0n) is 17.4. The number of nitrogens with one attached hydrogen (secondary N) is 1. The first kappa shape index (κ1) is 19.5. The average Bonchev–Trinajstić information content (AvgIpc) is 3.16. The molecule has 0 aliphatic heterocycles. The molecule has 0 spiro atoms. The van der Waals surface area contributed by atoms with Gasteiger partial charge in [0, 0.05) is 56.7 Å². The van der Waals surface area contributed by atoms with Crippen LogP contribution in [0, 0.1) is 13.8 Å². The van der Waals surface area contributed by atoms with Crippen molar-refractivity contribution in [3.8, 4) is 11.3 Å². The van der Waals surface area contributed by atoms with E-state index >= 15 is 0 Å². The Morgan fingerprint density at radius 3 is 2.63 bits per heavy atom. The molecule has 0 radical (unpaired) electrons. The number of imidazole rings is 1. The van der Waals surface area contributed by atoms with E-state index < -0.39 is 0 Å². The van der Waals surface area contributed by atoms with E-state index in [4.69, 9.17) is 0 Å². The lowest BCUT2D eigenvalue weighted by Gasteiger charge is -2.11. The van der Waals surface area contributed by atoms with E-state index in [1.54, 1.807) is 43.3 Å². The Morgan fingerprint density at radius 1 is 1.07 bits per heavy atom. The monoisotopic (exact) mass is 401 g/mol. The minimum absolute atomic E-state index is 0.110. The summed E-state index contributed by atoms with van der Waals surface area (Å²) in [6.07, 6.45) is 8.62. The molecule has 0 saturated heterocycles. The highest BCUT2D eigenvalue weighted by atomic mass is 16.2. The first-order chi connectivity index (χ1) is 14.4. The van der Waals surface area contributed by atoms with Crippen molar-refractivity contribution in [3.63, 3.8) is 0 Å². The van der Waals surface area contributed by atoms with Gasteiger partial charge in [-0.1, -0.05) is 6.07 Å². The summed E-state index contributed by atoms with van der Waals surface area (Å²) in [5.74, 6) is 0.503. The number of nitrogens with zero attached hydrogens (tertiary/aromatic N) is 6. The van der Waals surface area contributed by atoms with Gasteiger partial charge < -0.3 is 10.2 Å². The molecule has 4 aromatic heterocycles. The third kappa shape index (κ3) is 3.71. The molecular formula is C22H23N7O. The first-order valence-corrected chi connectivity index (χ1v) is 9.60. The van der Waals surface area contributed by atoms with Gasteiger partial charge in [0.25, 0.3) is 5.91 Å². The number of carbonyl (C=O) groups is 1. The van der Waals surface area contributed by atoms with E-state index in [-0.39, 0.29) is 5.91 Å². The van der Waals surface area contributed by atoms with Crippen molar-refractivity contribution in [3.05, 3.63) is 71.7 Å². The van der Waals surface area contributed by atoms with Crippen LogP contribution in [-0.2, 0) is 6.54 Å². The Morgan fingerprint density at radius 2 is 1.90 bits per heavy atom. The normalized spacial score (nSPS) is 10.9. The Kier molecular flexibility index (Phi) is 5.14.